The van der Waals surface area contributed by atoms with Crippen LogP contribution in [0.15, 0.2) is 65.6 Å². The Morgan fingerprint density at radius 3 is 2.19 bits per heavy atom. The third kappa shape index (κ3) is 5.63. The number of sulfonamides is 1. The Morgan fingerprint density at radius 1 is 0.963 bits per heavy atom. The summed E-state index contributed by atoms with van der Waals surface area (Å²) >= 11 is 0. The molecule has 1 amide bonds. The molecule has 1 aliphatic rings. The first kappa shape index (κ1) is 19.5. The average molecular weight is 389 g/mol. The molecule has 1 heterocycles. The first-order chi connectivity index (χ1) is 13.0. The number of amides is 1. The number of carbonyl (C=O) groups excluding carboxylic acids is 1. The van der Waals surface area contributed by atoms with Gasteiger partial charge in [0.2, 0.25) is 15.9 Å². The van der Waals surface area contributed by atoms with Gasteiger partial charge < -0.3 is 9.80 Å². The number of piperazine rings is 1. The summed E-state index contributed by atoms with van der Waals surface area (Å²) in [5.74, 6) is 0.00419. The largest absolute Gasteiger partial charge is 0.331 e. The topological polar surface area (TPSA) is 70.9 Å². The summed E-state index contributed by atoms with van der Waals surface area (Å²) in [6.45, 7) is 4.35. The van der Waals surface area contributed by atoms with E-state index in [1.165, 1.54) is 10.5 Å². The van der Waals surface area contributed by atoms with Gasteiger partial charge in [0.05, 0.1) is 31.1 Å². The normalized spacial score (nSPS) is 15.6. The van der Waals surface area contributed by atoms with Gasteiger partial charge in [-0.3, -0.25) is 4.79 Å². The highest BCUT2D eigenvalue weighted by Gasteiger charge is 2.24. The third-order valence-electron chi connectivity index (χ3n) is 4.80. The van der Waals surface area contributed by atoms with Crippen LogP contribution in [0.2, 0.25) is 0 Å². The van der Waals surface area contributed by atoms with Crippen molar-refractivity contribution in [3.63, 3.8) is 0 Å². The van der Waals surface area contributed by atoms with Crippen LogP contribution < -0.4 is 9.62 Å². The molecular weight excluding hydrogens is 362 g/mol. The van der Waals surface area contributed by atoms with Gasteiger partial charge in [-0.2, -0.15) is 0 Å². The summed E-state index contributed by atoms with van der Waals surface area (Å²) in [5.41, 5.74) is 1.31. The molecule has 0 aliphatic carbocycles. The van der Waals surface area contributed by atoms with Crippen LogP contribution in [0.3, 0.4) is 0 Å². The maximum atomic E-state index is 12.4. The molecule has 0 unspecified atom stereocenters. The number of hydrogen-bond donors (Lipinski definition) is 2. The zero-order valence-electron chi connectivity index (χ0n) is 15.3. The smallest absolute Gasteiger partial charge is 0.240 e. The van der Waals surface area contributed by atoms with Crippen LogP contribution in [0.1, 0.15) is 12.0 Å². The van der Waals surface area contributed by atoms with Gasteiger partial charge in [-0.05, 0) is 12.1 Å². The first-order valence-corrected chi connectivity index (χ1v) is 10.7. The monoisotopic (exact) mass is 388 g/mol. The Labute approximate surface area is 160 Å². The number of benzene rings is 2. The maximum absolute atomic E-state index is 12.4. The van der Waals surface area contributed by atoms with Gasteiger partial charge in [-0.15, -0.1) is 0 Å². The van der Waals surface area contributed by atoms with E-state index < -0.39 is 10.0 Å². The summed E-state index contributed by atoms with van der Waals surface area (Å²) < 4.78 is 26.8. The number of nitrogens with zero attached hydrogens (tertiary/aromatic N) is 1. The molecule has 2 aromatic carbocycles. The Kier molecular flexibility index (Phi) is 6.60. The Hall–Kier alpha value is -2.22. The van der Waals surface area contributed by atoms with Crippen LogP contribution in [0.25, 0.3) is 0 Å². The summed E-state index contributed by atoms with van der Waals surface area (Å²) in [6.07, 6.45) is 0.181. The molecular formula is C20H26N3O3S+. The molecule has 7 heteroatoms. The predicted octanol–water partition coefficient (Wildman–Crippen LogP) is 0.282. The molecule has 3 rings (SSSR count). The van der Waals surface area contributed by atoms with Crippen molar-refractivity contribution in [3.8, 4) is 0 Å². The van der Waals surface area contributed by atoms with Gasteiger partial charge in [0.15, 0.2) is 0 Å². The molecule has 1 saturated heterocycles. The van der Waals surface area contributed by atoms with E-state index in [2.05, 4.69) is 16.9 Å². The first-order valence-electron chi connectivity index (χ1n) is 9.24. The van der Waals surface area contributed by atoms with Crippen molar-refractivity contribution >= 4 is 15.9 Å². The van der Waals surface area contributed by atoms with Crippen molar-refractivity contribution in [1.82, 2.24) is 9.62 Å². The van der Waals surface area contributed by atoms with Crippen LogP contribution in [-0.4, -0.2) is 51.9 Å². The molecule has 0 aromatic heterocycles. The van der Waals surface area contributed by atoms with E-state index in [-0.39, 0.29) is 23.8 Å². The van der Waals surface area contributed by atoms with E-state index in [1.807, 2.05) is 23.1 Å². The van der Waals surface area contributed by atoms with Gasteiger partial charge in [0.25, 0.3) is 0 Å². The fourth-order valence-corrected chi connectivity index (χ4v) is 4.32. The molecule has 0 spiro atoms. The number of hydrogen-bond acceptors (Lipinski definition) is 3. The number of rotatable bonds is 7. The van der Waals surface area contributed by atoms with Gasteiger partial charge >= 0.3 is 0 Å². The predicted molar refractivity (Wildman–Crippen MR) is 104 cm³/mol. The second kappa shape index (κ2) is 9.12. The molecule has 1 aliphatic heterocycles. The average Bonchev–Trinajstić information content (AvgIpc) is 2.70. The zero-order valence-corrected chi connectivity index (χ0v) is 16.1. The summed E-state index contributed by atoms with van der Waals surface area (Å²) in [4.78, 5) is 15.9. The standard InChI is InChI=1S/C20H25N3O3S/c24-20(11-12-21-27(25,26)19-9-5-2-6-10-19)23-15-13-22(14-16-23)17-18-7-3-1-4-8-18/h1-10,21H,11-17H2/p+1. The molecule has 0 radical (unpaired) electrons. The Morgan fingerprint density at radius 2 is 1.56 bits per heavy atom. The Bertz CT molecular complexity index is 833. The highest BCUT2D eigenvalue weighted by Crippen LogP contribution is 2.07. The molecule has 6 nitrogen and oxygen atoms in total. The lowest BCUT2D eigenvalue weighted by Crippen LogP contribution is -3.13. The molecule has 144 valence electrons. The van der Waals surface area contributed by atoms with Gasteiger partial charge in [-0.25, -0.2) is 13.1 Å². The lowest BCUT2D eigenvalue weighted by molar-refractivity contribution is -0.917. The van der Waals surface area contributed by atoms with Crippen LogP contribution in [0.4, 0.5) is 0 Å². The summed E-state index contributed by atoms with van der Waals surface area (Å²) in [5, 5.41) is 0. The van der Waals surface area contributed by atoms with E-state index in [9.17, 15) is 13.2 Å². The zero-order chi connectivity index (χ0) is 19.1. The van der Waals surface area contributed by atoms with E-state index in [0.717, 1.165) is 19.6 Å². The third-order valence-corrected chi connectivity index (χ3v) is 6.28. The molecule has 1 fully saturated rings. The van der Waals surface area contributed by atoms with Crippen molar-refractivity contribution in [2.24, 2.45) is 0 Å². The Balaban J connectivity index is 1.41. The second-order valence-corrected chi connectivity index (χ2v) is 8.52. The summed E-state index contributed by atoms with van der Waals surface area (Å²) in [7, 11) is -3.55. The van der Waals surface area contributed by atoms with Crippen LogP contribution in [0.5, 0.6) is 0 Å². The van der Waals surface area contributed by atoms with Crippen molar-refractivity contribution in [2.75, 3.05) is 32.7 Å². The van der Waals surface area contributed by atoms with Gasteiger partial charge in [0.1, 0.15) is 6.54 Å². The minimum atomic E-state index is -3.55. The number of nitrogens with one attached hydrogen (secondary N) is 2. The van der Waals surface area contributed by atoms with E-state index >= 15 is 0 Å². The lowest BCUT2D eigenvalue weighted by Gasteiger charge is -2.32. The number of quaternary nitrogens is 1. The minimum absolute atomic E-state index is 0.00419. The molecule has 27 heavy (non-hydrogen) atoms. The molecule has 2 N–H and O–H groups in total. The fraction of sp³-hybridized carbons (Fsp3) is 0.350. The summed E-state index contributed by atoms with van der Waals surface area (Å²) in [6, 6.07) is 18.6. The van der Waals surface area contributed by atoms with Gasteiger partial charge in [0, 0.05) is 18.5 Å². The van der Waals surface area contributed by atoms with Crippen molar-refractivity contribution in [1.29, 1.82) is 0 Å². The van der Waals surface area contributed by atoms with Gasteiger partial charge in [-0.1, -0.05) is 48.5 Å². The SMILES string of the molecule is O=C(CCNS(=O)(=O)c1ccccc1)N1CC[NH+](Cc2ccccc2)CC1. The van der Waals surface area contributed by atoms with Crippen LogP contribution in [-0.2, 0) is 21.4 Å². The van der Waals surface area contributed by atoms with Crippen LogP contribution >= 0.6 is 0 Å². The molecule has 0 saturated carbocycles. The molecule has 0 bridgehead atoms. The van der Waals surface area contributed by atoms with Crippen molar-refractivity contribution in [2.45, 2.75) is 17.9 Å². The highest BCUT2D eigenvalue weighted by molar-refractivity contribution is 7.89. The minimum Gasteiger partial charge on any atom is -0.331 e. The fourth-order valence-electron chi connectivity index (χ4n) is 3.27. The van der Waals surface area contributed by atoms with E-state index in [1.54, 1.807) is 30.3 Å². The van der Waals surface area contributed by atoms with Crippen molar-refractivity contribution < 1.29 is 18.1 Å². The van der Waals surface area contributed by atoms with E-state index in [4.69, 9.17) is 0 Å². The van der Waals surface area contributed by atoms with Crippen molar-refractivity contribution in [3.05, 3.63) is 66.2 Å². The lowest BCUT2D eigenvalue weighted by atomic mass is 10.2. The maximum Gasteiger partial charge on any atom is 0.240 e. The molecule has 0 atom stereocenters. The van der Waals surface area contributed by atoms with E-state index in [0.29, 0.717) is 13.1 Å². The second-order valence-electron chi connectivity index (χ2n) is 6.75. The quantitative estimate of drug-likeness (QED) is 0.716. The van der Waals surface area contributed by atoms with Crippen LogP contribution in [0, 0.1) is 0 Å². The highest BCUT2D eigenvalue weighted by atomic mass is 32.2. The number of carbonyl (C=O) groups is 1. The molecule has 2 aromatic rings.